The van der Waals surface area contributed by atoms with E-state index in [2.05, 4.69) is 4.98 Å². The number of aromatic nitrogens is 1. The first kappa shape index (κ1) is 19.1. The molecule has 0 aliphatic heterocycles. The Morgan fingerprint density at radius 2 is 1.92 bits per heavy atom. The molecule has 136 valence electrons. The minimum Gasteiger partial charge on any atom is -0.381 e. The van der Waals surface area contributed by atoms with Gasteiger partial charge in [0.25, 0.3) is 10.0 Å². The number of alkyl halides is 3. The fraction of sp³-hybridized carbons (Fsp3) is 0.643. The third-order valence-electron chi connectivity index (χ3n) is 3.97. The molecule has 2 rings (SSSR count). The Bertz CT molecular complexity index is 644. The lowest BCUT2D eigenvalue weighted by Crippen LogP contribution is -2.29. The van der Waals surface area contributed by atoms with Crippen molar-refractivity contribution in [2.75, 3.05) is 13.7 Å². The fourth-order valence-electron chi connectivity index (χ4n) is 2.53. The Morgan fingerprint density at radius 3 is 2.50 bits per heavy atom. The van der Waals surface area contributed by atoms with Gasteiger partial charge in [-0.15, -0.1) is 0 Å². The highest BCUT2D eigenvalue weighted by atomic mass is 32.2. The number of pyridine rings is 1. The predicted molar refractivity (Wildman–Crippen MR) is 78.3 cm³/mol. The highest BCUT2D eigenvalue weighted by Crippen LogP contribution is 2.30. The number of nitrogens with zero attached hydrogens (tertiary/aromatic N) is 1. The molecule has 1 aromatic rings. The van der Waals surface area contributed by atoms with Crippen molar-refractivity contribution in [1.29, 1.82) is 0 Å². The van der Waals surface area contributed by atoms with Gasteiger partial charge in [0.05, 0.1) is 18.3 Å². The van der Waals surface area contributed by atoms with Crippen LogP contribution < -0.4 is 4.89 Å². The lowest BCUT2D eigenvalue weighted by Gasteiger charge is -2.27. The zero-order valence-corrected chi connectivity index (χ0v) is 13.9. The third-order valence-corrected chi connectivity index (χ3v) is 5.15. The number of nitrogens with one attached hydrogen (secondary N) is 1. The zero-order valence-electron chi connectivity index (χ0n) is 13.0. The summed E-state index contributed by atoms with van der Waals surface area (Å²) in [6.45, 7) is 0.155. The van der Waals surface area contributed by atoms with Crippen LogP contribution in [0, 0.1) is 5.92 Å². The number of hydrogen-bond donors (Lipinski definition) is 1. The molecule has 1 fully saturated rings. The monoisotopic (exact) mass is 368 g/mol. The van der Waals surface area contributed by atoms with E-state index in [4.69, 9.17) is 9.57 Å². The van der Waals surface area contributed by atoms with Gasteiger partial charge in [-0.05, 0) is 37.7 Å². The van der Waals surface area contributed by atoms with Crippen molar-refractivity contribution in [3.8, 4) is 0 Å². The van der Waals surface area contributed by atoms with Crippen molar-refractivity contribution in [3.63, 3.8) is 0 Å². The number of methoxy groups -OCH3 is 1. The topological polar surface area (TPSA) is 77.5 Å². The van der Waals surface area contributed by atoms with Crippen LogP contribution in [0.2, 0.25) is 0 Å². The molecule has 0 amide bonds. The number of rotatable bonds is 6. The average Bonchev–Trinajstić information content (AvgIpc) is 2.55. The number of halogens is 3. The first-order valence-corrected chi connectivity index (χ1v) is 8.89. The zero-order chi connectivity index (χ0) is 17.8. The van der Waals surface area contributed by atoms with E-state index >= 15 is 0 Å². The van der Waals surface area contributed by atoms with Gasteiger partial charge in [0, 0.05) is 19.5 Å². The van der Waals surface area contributed by atoms with E-state index in [0.717, 1.165) is 31.9 Å². The summed E-state index contributed by atoms with van der Waals surface area (Å²) in [4.78, 5) is 9.59. The second kappa shape index (κ2) is 7.77. The van der Waals surface area contributed by atoms with Crippen LogP contribution >= 0.6 is 0 Å². The van der Waals surface area contributed by atoms with E-state index < -0.39 is 26.7 Å². The summed E-state index contributed by atoms with van der Waals surface area (Å²) >= 11 is 0. The van der Waals surface area contributed by atoms with Crippen LogP contribution in [-0.4, -0.2) is 33.2 Å². The maximum atomic E-state index is 12.6. The van der Waals surface area contributed by atoms with Crippen LogP contribution in [0.3, 0.4) is 0 Å². The fourth-order valence-corrected chi connectivity index (χ4v) is 3.33. The Kier molecular flexibility index (Phi) is 6.18. The summed E-state index contributed by atoms with van der Waals surface area (Å²) in [5.74, 6) is 0.179. The van der Waals surface area contributed by atoms with Crippen LogP contribution in [0.1, 0.15) is 31.2 Å². The summed E-state index contributed by atoms with van der Waals surface area (Å²) in [6, 6.07) is 0.516. The molecule has 1 N–H and O–H groups in total. The minimum absolute atomic E-state index is 0.155. The first-order chi connectivity index (χ1) is 11.2. The molecule has 1 heterocycles. The van der Waals surface area contributed by atoms with Crippen molar-refractivity contribution in [2.45, 2.75) is 42.9 Å². The van der Waals surface area contributed by atoms with Crippen LogP contribution in [0.25, 0.3) is 0 Å². The SMILES string of the molecule is COC1CCC(CONS(=O)(=O)c2cncc(C(F)(F)F)c2)CC1. The molecule has 24 heavy (non-hydrogen) atoms. The molecular formula is C14H19F3N2O4S. The van der Waals surface area contributed by atoms with E-state index in [9.17, 15) is 21.6 Å². The Labute approximate surface area is 138 Å². The van der Waals surface area contributed by atoms with Crippen molar-refractivity contribution < 1.29 is 31.2 Å². The number of hydrogen-bond acceptors (Lipinski definition) is 5. The van der Waals surface area contributed by atoms with Gasteiger partial charge < -0.3 is 4.74 Å². The van der Waals surface area contributed by atoms with Crippen molar-refractivity contribution in [3.05, 3.63) is 24.0 Å². The van der Waals surface area contributed by atoms with Gasteiger partial charge in [-0.2, -0.15) is 13.2 Å². The largest absolute Gasteiger partial charge is 0.417 e. The summed E-state index contributed by atoms with van der Waals surface area (Å²) in [5.41, 5.74) is -1.14. The Morgan fingerprint density at radius 1 is 1.25 bits per heavy atom. The summed E-state index contributed by atoms with van der Waals surface area (Å²) in [6.07, 6.45) is 0.368. The molecule has 0 spiro atoms. The molecule has 0 unspecified atom stereocenters. The van der Waals surface area contributed by atoms with E-state index in [1.807, 2.05) is 4.89 Å². The lowest BCUT2D eigenvalue weighted by atomic mass is 9.88. The normalized spacial score (nSPS) is 22.5. The van der Waals surface area contributed by atoms with Crippen molar-refractivity contribution >= 4 is 10.0 Å². The quantitative estimate of drug-likeness (QED) is 0.781. The van der Waals surface area contributed by atoms with Crippen LogP contribution in [0.5, 0.6) is 0 Å². The molecular weight excluding hydrogens is 349 g/mol. The van der Waals surface area contributed by atoms with Gasteiger partial charge >= 0.3 is 6.18 Å². The maximum absolute atomic E-state index is 12.6. The van der Waals surface area contributed by atoms with Crippen LogP contribution in [0.15, 0.2) is 23.4 Å². The Hall–Kier alpha value is -1.23. The van der Waals surface area contributed by atoms with E-state index in [-0.39, 0.29) is 18.6 Å². The number of sulfonamides is 1. The van der Waals surface area contributed by atoms with Gasteiger partial charge in [-0.1, -0.05) is 4.89 Å². The molecule has 1 aliphatic carbocycles. The summed E-state index contributed by atoms with van der Waals surface area (Å²) in [7, 11) is -2.57. The van der Waals surface area contributed by atoms with Gasteiger partial charge in [0.1, 0.15) is 4.90 Å². The molecule has 6 nitrogen and oxygen atoms in total. The predicted octanol–water partition coefficient (Wildman–Crippen LogP) is 2.52. The molecule has 0 aromatic carbocycles. The second-order valence-corrected chi connectivity index (χ2v) is 7.33. The molecule has 0 atom stereocenters. The van der Waals surface area contributed by atoms with E-state index in [0.29, 0.717) is 12.3 Å². The second-order valence-electron chi connectivity index (χ2n) is 5.68. The van der Waals surface area contributed by atoms with Gasteiger partial charge in [-0.25, -0.2) is 8.42 Å². The van der Waals surface area contributed by atoms with E-state index in [1.54, 1.807) is 7.11 Å². The molecule has 0 bridgehead atoms. The standard InChI is InChI=1S/C14H19F3N2O4S/c1-22-12-4-2-10(3-5-12)9-23-19-24(20,21)13-6-11(7-18-8-13)14(15,16)17/h6-8,10,12,19H,2-5,9H2,1H3. The van der Waals surface area contributed by atoms with Crippen molar-refractivity contribution in [2.24, 2.45) is 5.92 Å². The van der Waals surface area contributed by atoms with Gasteiger partial charge in [-0.3, -0.25) is 9.82 Å². The molecule has 10 heteroatoms. The molecule has 1 saturated carbocycles. The number of ether oxygens (including phenoxy) is 1. The summed E-state index contributed by atoms with van der Waals surface area (Å²) < 4.78 is 67.1. The molecule has 0 saturated heterocycles. The summed E-state index contributed by atoms with van der Waals surface area (Å²) in [5, 5.41) is 0. The van der Waals surface area contributed by atoms with Crippen LogP contribution in [0.4, 0.5) is 13.2 Å². The highest BCUT2D eigenvalue weighted by Gasteiger charge is 2.32. The molecule has 1 aliphatic rings. The maximum Gasteiger partial charge on any atom is 0.417 e. The van der Waals surface area contributed by atoms with Crippen LogP contribution in [-0.2, 0) is 25.8 Å². The van der Waals surface area contributed by atoms with E-state index in [1.165, 1.54) is 0 Å². The van der Waals surface area contributed by atoms with Crippen molar-refractivity contribution in [1.82, 2.24) is 9.87 Å². The highest BCUT2D eigenvalue weighted by molar-refractivity contribution is 7.89. The average molecular weight is 368 g/mol. The van der Waals surface area contributed by atoms with Gasteiger partial charge in [0.15, 0.2) is 0 Å². The van der Waals surface area contributed by atoms with Gasteiger partial charge in [0.2, 0.25) is 0 Å². The Balaban J connectivity index is 1.90. The smallest absolute Gasteiger partial charge is 0.381 e. The molecule has 0 radical (unpaired) electrons. The first-order valence-electron chi connectivity index (χ1n) is 7.41. The third kappa shape index (κ3) is 5.13. The minimum atomic E-state index is -4.67. The lowest BCUT2D eigenvalue weighted by molar-refractivity contribution is -0.138. The molecule has 1 aromatic heterocycles.